The van der Waals surface area contributed by atoms with Crippen LogP contribution in [0.5, 0.6) is 0 Å². The molecule has 0 aliphatic carbocycles. The van der Waals surface area contributed by atoms with E-state index in [-0.39, 0.29) is 29.9 Å². The minimum atomic E-state index is -0.0627. The normalized spacial score (nSPS) is 14.9. The van der Waals surface area contributed by atoms with Crippen LogP contribution in [0.25, 0.3) is 0 Å². The molecule has 0 saturated carbocycles. The maximum absolute atomic E-state index is 12.4. The predicted octanol–water partition coefficient (Wildman–Crippen LogP) is 2.43. The predicted molar refractivity (Wildman–Crippen MR) is 112 cm³/mol. The van der Waals surface area contributed by atoms with Gasteiger partial charge in [0.05, 0.1) is 18.5 Å². The van der Waals surface area contributed by atoms with Crippen LogP contribution in [0.15, 0.2) is 32.3 Å². The highest BCUT2D eigenvalue weighted by Crippen LogP contribution is 2.14. The average Bonchev–Trinajstić information content (AvgIpc) is 3.29. The van der Waals surface area contributed by atoms with Crippen LogP contribution in [-0.4, -0.2) is 59.5 Å². The zero-order chi connectivity index (χ0) is 18.5. The molecule has 9 heteroatoms. The molecule has 148 valence electrons. The summed E-state index contributed by atoms with van der Waals surface area (Å²) >= 11 is 0. The van der Waals surface area contributed by atoms with Crippen molar-refractivity contribution in [2.45, 2.75) is 27.3 Å². The van der Waals surface area contributed by atoms with Crippen LogP contribution in [0.2, 0.25) is 0 Å². The third-order valence-corrected chi connectivity index (χ3v) is 4.50. The molecule has 1 aliphatic rings. The number of piperazine rings is 1. The van der Waals surface area contributed by atoms with E-state index in [9.17, 15) is 4.79 Å². The minimum absolute atomic E-state index is 0. The average molecular weight is 487 g/mol. The van der Waals surface area contributed by atoms with Crippen LogP contribution in [-0.2, 0) is 6.54 Å². The van der Waals surface area contributed by atoms with Crippen LogP contribution in [0, 0.1) is 13.8 Å². The van der Waals surface area contributed by atoms with Crippen molar-refractivity contribution in [3.63, 3.8) is 0 Å². The van der Waals surface area contributed by atoms with Crippen molar-refractivity contribution in [1.82, 2.24) is 20.3 Å². The molecule has 1 amide bonds. The zero-order valence-electron chi connectivity index (χ0n) is 15.9. The Bertz CT molecular complexity index is 745. The Balaban J connectivity index is 0.00000261. The Kier molecular flexibility index (Phi) is 7.69. The molecule has 2 aromatic rings. The molecular formula is C18H26IN5O3. The van der Waals surface area contributed by atoms with Gasteiger partial charge in [0.2, 0.25) is 0 Å². The van der Waals surface area contributed by atoms with E-state index in [0.29, 0.717) is 25.4 Å². The minimum Gasteiger partial charge on any atom is -0.459 e. The number of nitrogens with one attached hydrogen (secondary N) is 1. The van der Waals surface area contributed by atoms with E-state index in [1.807, 2.05) is 25.7 Å². The van der Waals surface area contributed by atoms with Gasteiger partial charge in [0, 0.05) is 38.3 Å². The van der Waals surface area contributed by atoms with E-state index in [0.717, 1.165) is 42.6 Å². The van der Waals surface area contributed by atoms with Crippen molar-refractivity contribution in [2.75, 3.05) is 32.7 Å². The van der Waals surface area contributed by atoms with Gasteiger partial charge in [0.25, 0.3) is 5.91 Å². The van der Waals surface area contributed by atoms with Gasteiger partial charge >= 0.3 is 0 Å². The second kappa shape index (κ2) is 9.77. The van der Waals surface area contributed by atoms with Gasteiger partial charge in [-0.15, -0.1) is 24.0 Å². The summed E-state index contributed by atoms with van der Waals surface area (Å²) in [7, 11) is 0. The highest BCUT2D eigenvalue weighted by atomic mass is 127. The van der Waals surface area contributed by atoms with Gasteiger partial charge in [-0.25, -0.2) is 4.99 Å². The van der Waals surface area contributed by atoms with Gasteiger partial charge in [0.15, 0.2) is 11.7 Å². The molecule has 8 nitrogen and oxygen atoms in total. The molecule has 3 rings (SSSR count). The maximum Gasteiger partial charge on any atom is 0.289 e. The molecule has 3 heterocycles. The van der Waals surface area contributed by atoms with Gasteiger partial charge in [0.1, 0.15) is 5.76 Å². The van der Waals surface area contributed by atoms with Crippen molar-refractivity contribution in [1.29, 1.82) is 0 Å². The second-order valence-electron chi connectivity index (χ2n) is 6.23. The second-order valence-corrected chi connectivity index (χ2v) is 6.23. The van der Waals surface area contributed by atoms with E-state index < -0.39 is 0 Å². The molecule has 1 saturated heterocycles. The number of guanidine groups is 1. The summed E-state index contributed by atoms with van der Waals surface area (Å²) in [6.07, 6.45) is 1.52. The number of hydrogen-bond acceptors (Lipinski definition) is 5. The molecule has 27 heavy (non-hydrogen) atoms. The first-order valence-electron chi connectivity index (χ1n) is 8.88. The number of rotatable bonds is 4. The Labute approximate surface area is 176 Å². The zero-order valence-corrected chi connectivity index (χ0v) is 18.2. The highest BCUT2D eigenvalue weighted by Gasteiger charge is 2.25. The standard InChI is InChI=1S/C18H25N5O3.HI/c1-4-19-18(20-12-15-13(2)21-26-14(15)3)23-9-7-22(8-10-23)17(24)16-6-5-11-25-16;/h5-6,11H,4,7-10,12H2,1-3H3,(H,19,20);1H. The number of aromatic nitrogens is 1. The first-order chi connectivity index (χ1) is 12.6. The molecule has 0 radical (unpaired) electrons. The van der Waals surface area contributed by atoms with Gasteiger partial charge in [-0.3, -0.25) is 4.79 Å². The van der Waals surface area contributed by atoms with Gasteiger partial charge in [-0.2, -0.15) is 0 Å². The lowest BCUT2D eigenvalue weighted by atomic mass is 10.2. The number of amides is 1. The van der Waals surface area contributed by atoms with E-state index in [2.05, 4.69) is 15.4 Å². The van der Waals surface area contributed by atoms with Crippen molar-refractivity contribution >= 4 is 35.8 Å². The fourth-order valence-electron chi connectivity index (χ4n) is 2.98. The molecule has 2 aromatic heterocycles. The largest absolute Gasteiger partial charge is 0.459 e. The molecule has 1 fully saturated rings. The van der Waals surface area contributed by atoms with Gasteiger partial charge in [-0.1, -0.05) is 5.16 Å². The van der Waals surface area contributed by atoms with Crippen LogP contribution in [0.3, 0.4) is 0 Å². The molecule has 1 N–H and O–H groups in total. The number of furan rings is 1. The highest BCUT2D eigenvalue weighted by molar-refractivity contribution is 14.0. The van der Waals surface area contributed by atoms with Crippen molar-refractivity contribution < 1.29 is 13.7 Å². The molecule has 0 atom stereocenters. The number of nitrogens with zero attached hydrogens (tertiary/aromatic N) is 4. The smallest absolute Gasteiger partial charge is 0.289 e. The lowest BCUT2D eigenvalue weighted by Gasteiger charge is -2.36. The Morgan fingerprint density at radius 1 is 1.26 bits per heavy atom. The van der Waals surface area contributed by atoms with E-state index in [4.69, 9.17) is 13.9 Å². The van der Waals surface area contributed by atoms with E-state index in [1.54, 1.807) is 12.1 Å². The maximum atomic E-state index is 12.4. The monoisotopic (exact) mass is 487 g/mol. The number of carbonyl (C=O) groups is 1. The summed E-state index contributed by atoms with van der Waals surface area (Å²) in [5.41, 5.74) is 1.89. The third-order valence-electron chi connectivity index (χ3n) is 4.50. The molecule has 0 bridgehead atoms. The topological polar surface area (TPSA) is 87.1 Å². The summed E-state index contributed by atoms with van der Waals surface area (Å²) < 4.78 is 10.4. The lowest BCUT2D eigenvalue weighted by molar-refractivity contribution is 0.0657. The van der Waals surface area contributed by atoms with Crippen LogP contribution < -0.4 is 5.32 Å². The Hall–Kier alpha value is -2.04. The van der Waals surface area contributed by atoms with Crippen LogP contribution in [0.1, 0.15) is 34.5 Å². The molecular weight excluding hydrogens is 461 g/mol. The van der Waals surface area contributed by atoms with E-state index >= 15 is 0 Å². The van der Waals surface area contributed by atoms with Crippen LogP contribution in [0.4, 0.5) is 0 Å². The first kappa shape index (κ1) is 21.3. The lowest BCUT2D eigenvalue weighted by Crippen LogP contribution is -2.53. The molecule has 0 unspecified atom stereocenters. The summed E-state index contributed by atoms with van der Waals surface area (Å²) in [5, 5.41) is 7.30. The summed E-state index contributed by atoms with van der Waals surface area (Å²) in [6, 6.07) is 3.43. The first-order valence-corrected chi connectivity index (χ1v) is 8.88. The number of halogens is 1. The molecule has 0 aromatic carbocycles. The Morgan fingerprint density at radius 2 is 1.96 bits per heavy atom. The van der Waals surface area contributed by atoms with Crippen LogP contribution >= 0.6 is 24.0 Å². The third kappa shape index (κ3) is 5.02. The number of carbonyl (C=O) groups excluding carboxylic acids is 1. The van der Waals surface area contributed by atoms with Gasteiger partial charge < -0.3 is 24.1 Å². The summed E-state index contributed by atoms with van der Waals surface area (Å²) in [5.74, 6) is 1.97. The quantitative estimate of drug-likeness (QED) is 0.405. The number of aryl methyl sites for hydroxylation is 2. The molecule has 0 spiro atoms. The fourth-order valence-corrected chi connectivity index (χ4v) is 2.98. The Morgan fingerprint density at radius 3 is 2.52 bits per heavy atom. The summed E-state index contributed by atoms with van der Waals surface area (Å²) in [6.45, 7) is 9.89. The van der Waals surface area contributed by atoms with Crippen molar-refractivity contribution in [2.24, 2.45) is 4.99 Å². The summed E-state index contributed by atoms with van der Waals surface area (Å²) in [4.78, 5) is 21.1. The number of aliphatic imine (C=N–C) groups is 1. The van der Waals surface area contributed by atoms with Crippen molar-refractivity contribution in [3.8, 4) is 0 Å². The number of hydrogen-bond donors (Lipinski definition) is 1. The molecule has 1 aliphatic heterocycles. The van der Waals surface area contributed by atoms with E-state index in [1.165, 1.54) is 6.26 Å². The van der Waals surface area contributed by atoms with Crippen molar-refractivity contribution in [3.05, 3.63) is 41.2 Å². The fraction of sp³-hybridized carbons (Fsp3) is 0.500. The van der Waals surface area contributed by atoms with Gasteiger partial charge in [-0.05, 0) is 32.9 Å². The SMILES string of the molecule is CCNC(=NCc1c(C)noc1C)N1CCN(C(=O)c2ccco2)CC1.I.